The Morgan fingerprint density at radius 1 is 0.778 bits per heavy atom. The van der Waals surface area contributed by atoms with Crippen molar-refractivity contribution in [2.45, 2.75) is 13.8 Å². The lowest BCUT2D eigenvalue weighted by Gasteiger charge is -2.08. The third-order valence-corrected chi connectivity index (χ3v) is 5.12. The van der Waals surface area contributed by atoms with Gasteiger partial charge < -0.3 is 9.47 Å². The summed E-state index contributed by atoms with van der Waals surface area (Å²) < 4.78 is 13.6. The van der Waals surface area contributed by atoms with Gasteiger partial charge in [0.1, 0.15) is 11.5 Å². The Labute approximate surface area is 114 Å². The van der Waals surface area contributed by atoms with Crippen LogP contribution in [0.1, 0.15) is 9.75 Å². The Morgan fingerprint density at radius 2 is 1.17 bits per heavy atom. The largest absolute Gasteiger partial charge is 0.495 e. The van der Waals surface area contributed by atoms with Gasteiger partial charge in [0, 0.05) is 20.5 Å². The van der Waals surface area contributed by atoms with Gasteiger partial charge in [-0.2, -0.15) is 0 Å². The molecule has 0 aliphatic heterocycles. The molecule has 0 unspecified atom stereocenters. The fourth-order valence-electron chi connectivity index (χ4n) is 2.35. The molecule has 3 aromatic rings. The molecule has 2 aromatic heterocycles. The molecule has 1 aromatic carbocycles. The van der Waals surface area contributed by atoms with E-state index in [0.29, 0.717) is 0 Å². The minimum atomic E-state index is 0.975. The Kier molecular flexibility index (Phi) is 2.72. The molecule has 0 radical (unpaired) electrons. The van der Waals surface area contributed by atoms with E-state index >= 15 is 0 Å². The van der Waals surface area contributed by atoms with Gasteiger partial charge in [0.15, 0.2) is 0 Å². The number of fused-ring (bicyclic) bond motifs is 2. The summed E-state index contributed by atoms with van der Waals surface area (Å²) >= 11 is 3.51. The van der Waals surface area contributed by atoms with Crippen LogP contribution in [0, 0.1) is 13.8 Å². The van der Waals surface area contributed by atoms with Crippen LogP contribution in [-0.4, -0.2) is 14.2 Å². The maximum atomic E-state index is 5.63. The first-order valence-corrected chi connectivity index (χ1v) is 7.33. The van der Waals surface area contributed by atoms with Crippen LogP contribution in [0.4, 0.5) is 0 Å². The second kappa shape index (κ2) is 4.14. The average Bonchev–Trinajstić information content (AvgIpc) is 2.87. The van der Waals surface area contributed by atoms with Crippen LogP contribution < -0.4 is 9.47 Å². The fraction of sp³-hybridized carbons (Fsp3) is 0.286. The van der Waals surface area contributed by atoms with E-state index in [2.05, 4.69) is 26.0 Å². The van der Waals surface area contributed by atoms with Crippen molar-refractivity contribution in [1.82, 2.24) is 0 Å². The number of rotatable bonds is 2. The van der Waals surface area contributed by atoms with Crippen molar-refractivity contribution in [1.29, 1.82) is 0 Å². The van der Waals surface area contributed by atoms with Crippen molar-refractivity contribution >= 4 is 42.8 Å². The fourth-order valence-corrected chi connectivity index (χ4v) is 4.45. The minimum absolute atomic E-state index is 0.975. The van der Waals surface area contributed by atoms with Crippen molar-refractivity contribution in [2.24, 2.45) is 0 Å². The van der Waals surface area contributed by atoms with Gasteiger partial charge in [0.2, 0.25) is 0 Å². The SMILES string of the molecule is COc1c2cc(C)sc2c(OC)c2cc(C)sc12. The molecule has 0 saturated carbocycles. The molecule has 0 atom stereocenters. The highest BCUT2D eigenvalue weighted by Crippen LogP contribution is 2.48. The Morgan fingerprint density at radius 3 is 1.50 bits per heavy atom. The summed E-state index contributed by atoms with van der Waals surface area (Å²) in [6, 6.07) is 4.35. The van der Waals surface area contributed by atoms with Crippen LogP contribution in [0.15, 0.2) is 12.1 Å². The first-order valence-electron chi connectivity index (χ1n) is 5.70. The van der Waals surface area contributed by atoms with Crippen LogP contribution >= 0.6 is 22.7 Å². The van der Waals surface area contributed by atoms with E-state index in [1.165, 1.54) is 19.2 Å². The first-order chi connectivity index (χ1) is 8.65. The molecule has 0 saturated heterocycles. The van der Waals surface area contributed by atoms with Crippen molar-refractivity contribution in [3.8, 4) is 11.5 Å². The van der Waals surface area contributed by atoms with Crippen molar-refractivity contribution < 1.29 is 9.47 Å². The highest BCUT2D eigenvalue weighted by atomic mass is 32.1. The zero-order chi connectivity index (χ0) is 12.9. The monoisotopic (exact) mass is 278 g/mol. The maximum absolute atomic E-state index is 5.63. The summed E-state index contributed by atoms with van der Waals surface area (Å²) in [7, 11) is 3.48. The predicted octanol–water partition coefficient (Wildman–Crippen LogP) is 4.75. The molecule has 0 bridgehead atoms. The average molecular weight is 278 g/mol. The predicted molar refractivity (Wildman–Crippen MR) is 79.8 cm³/mol. The lowest BCUT2D eigenvalue weighted by atomic mass is 10.1. The minimum Gasteiger partial charge on any atom is -0.495 e. The molecule has 94 valence electrons. The third-order valence-electron chi connectivity index (χ3n) is 3.02. The van der Waals surface area contributed by atoms with E-state index in [4.69, 9.17) is 9.47 Å². The van der Waals surface area contributed by atoms with Gasteiger partial charge in [-0.3, -0.25) is 0 Å². The molecule has 0 N–H and O–H groups in total. The summed E-state index contributed by atoms with van der Waals surface area (Å²) in [5, 5.41) is 2.32. The number of hydrogen-bond donors (Lipinski definition) is 0. The summed E-state index contributed by atoms with van der Waals surface area (Å²) in [6.45, 7) is 4.23. The molecule has 0 aliphatic carbocycles. The van der Waals surface area contributed by atoms with Crippen molar-refractivity contribution in [2.75, 3.05) is 14.2 Å². The Bertz CT molecular complexity index is 620. The second-order valence-electron chi connectivity index (χ2n) is 4.27. The molecule has 2 heterocycles. The number of hydrogen-bond acceptors (Lipinski definition) is 4. The highest BCUT2D eigenvalue weighted by Gasteiger charge is 2.19. The van der Waals surface area contributed by atoms with E-state index in [-0.39, 0.29) is 0 Å². The third kappa shape index (κ3) is 1.52. The summed E-state index contributed by atoms with van der Waals surface area (Å²) in [5.74, 6) is 1.95. The van der Waals surface area contributed by atoms with Crippen LogP contribution in [-0.2, 0) is 0 Å². The lowest BCUT2D eigenvalue weighted by molar-refractivity contribution is 0.419. The normalized spacial score (nSPS) is 11.3. The van der Waals surface area contributed by atoms with Gasteiger partial charge in [-0.05, 0) is 26.0 Å². The van der Waals surface area contributed by atoms with E-state index in [9.17, 15) is 0 Å². The molecular weight excluding hydrogens is 264 g/mol. The zero-order valence-corrected chi connectivity index (χ0v) is 12.4. The van der Waals surface area contributed by atoms with E-state index in [1.54, 1.807) is 36.9 Å². The number of aryl methyl sites for hydroxylation is 2. The standard InChI is InChI=1S/C14H14O2S2/c1-7-5-9-11(15-3)14-10(6-8(2)18-14)12(16-4)13(9)17-7/h5-6H,1-4H3. The number of thiophene rings is 2. The maximum Gasteiger partial charge on any atom is 0.145 e. The topological polar surface area (TPSA) is 18.5 Å². The van der Waals surface area contributed by atoms with Gasteiger partial charge in [-0.1, -0.05) is 0 Å². The first kappa shape index (κ1) is 11.8. The molecular formula is C14H14O2S2. The van der Waals surface area contributed by atoms with Crippen LogP contribution in [0.2, 0.25) is 0 Å². The molecule has 4 heteroatoms. The summed E-state index contributed by atoms with van der Waals surface area (Å²) in [5.41, 5.74) is 0. The van der Waals surface area contributed by atoms with Gasteiger partial charge in [-0.25, -0.2) is 0 Å². The zero-order valence-electron chi connectivity index (χ0n) is 10.8. The van der Waals surface area contributed by atoms with Gasteiger partial charge in [0.25, 0.3) is 0 Å². The number of benzene rings is 1. The Balaban J connectivity index is 2.58. The Hall–Kier alpha value is -1.26. The van der Waals surface area contributed by atoms with Crippen molar-refractivity contribution in [3.63, 3.8) is 0 Å². The molecule has 3 rings (SSSR count). The van der Waals surface area contributed by atoms with Crippen LogP contribution in [0.5, 0.6) is 11.5 Å². The summed E-state index contributed by atoms with van der Waals surface area (Å²) in [4.78, 5) is 2.55. The van der Waals surface area contributed by atoms with Gasteiger partial charge in [0.05, 0.1) is 23.6 Å². The lowest BCUT2D eigenvalue weighted by Crippen LogP contribution is -1.88. The number of methoxy groups -OCH3 is 2. The van der Waals surface area contributed by atoms with Crippen LogP contribution in [0.25, 0.3) is 20.2 Å². The van der Waals surface area contributed by atoms with E-state index in [1.807, 2.05) is 0 Å². The van der Waals surface area contributed by atoms with E-state index in [0.717, 1.165) is 22.3 Å². The molecule has 0 aliphatic rings. The molecule has 0 amide bonds. The second-order valence-corrected chi connectivity index (χ2v) is 6.78. The van der Waals surface area contributed by atoms with Gasteiger partial charge >= 0.3 is 0 Å². The molecule has 18 heavy (non-hydrogen) atoms. The highest BCUT2D eigenvalue weighted by molar-refractivity contribution is 7.21. The molecule has 2 nitrogen and oxygen atoms in total. The quantitative estimate of drug-likeness (QED) is 0.673. The molecule has 0 spiro atoms. The molecule has 0 fully saturated rings. The van der Waals surface area contributed by atoms with Crippen LogP contribution in [0.3, 0.4) is 0 Å². The summed E-state index contributed by atoms with van der Waals surface area (Å²) in [6.07, 6.45) is 0. The van der Waals surface area contributed by atoms with E-state index < -0.39 is 0 Å². The van der Waals surface area contributed by atoms with Gasteiger partial charge in [-0.15, -0.1) is 22.7 Å². The smallest absolute Gasteiger partial charge is 0.145 e. The van der Waals surface area contributed by atoms with Crippen molar-refractivity contribution in [3.05, 3.63) is 21.9 Å². The number of ether oxygens (including phenoxy) is 2.